The highest BCUT2D eigenvalue weighted by Gasteiger charge is 2.18. The van der Waals surface area contributed by atoms with Crippen LogP contribution in [0.4, 0.5) is 9.18 Å². The Morgan fingerprint density at radius 2 is 2.15 bits per heavy atom. The summed E-state index contributed by atoms with van der Waals surface area (Å²) in [6.07, 6.45) is -0.718. The van der Waals surface area contributed by atoms with Crippen molar-refractivity contribution < 1.29 is 19.0 Å². The van der Waals surface area contributed by atoms with Gasteiger partial charge in [0.2, 0.25) is 0 Å². The van der Waals surface area contributed by atoms with Crippen molar-refractivity contribution in [2.45, 2.75) is 32.4 Å². The van der Waals surface area contributed by atoms with Crippen molar-refractivity contribution in [1.29, 1.82) is 0 Å². The summed E-state index contributed by atoms with van der Waals surface area (Å²) in [5.74, 6) is 0. The summed E-state index contributed by atoms with van der Waals surface area (Å²) < 4.78 is 16.9. The van der Waals surface area contributed by atoms with Gasteiger partial charge in [-0.3, -0.25) is 0 Å². The smallest absolute Gasteiger partial charge is 0.408 e. The van der Waals surface area contributed by atoms with Gasteiger partial charge in [0.05, 0.1) is 12.6 Å². The zero-order valence-electron chi connectivity index (χ0n) is 8.13. The van der Waals surface area contributed by atoms with E-state index in [0.717, 1.165) is 0 Å². The van der Waals surface area contributed by atoms with E-state index in [0.29, 0.717) is 0 Å². The summed E-state index contributed by atoms with van der Waals surface area (Å²) >= 11 is 0. The van der Waals surface area contributed by atoms with E-state index in [9.17, 15) is 9.18 Å². The fourth-order valence-corrected chi connectivity index (χ4v) is 0.607. The highest BCUT2D eigenvalue weighted by molar-refractivity contribution is 5.68. The molecule has 0 rings (SSSR count). The van der Waals surface area contributed by atoms with Crippen molar-refractivity contribution in [2.75, 3.05) is 13.3 Å². The molecule has 0 aromatic rings. The van der Waals surface area contributed by atoms with Gasteiger partial charge in [0.25, 0.3) is 0 Å². The predicted octanol–water partition coefficient (Wildman–Crippen LogP) is 0.842. The third kappa shape index (κ3) is 6.33. The summed E-state index contributed by atoms with van der Waals surface area (Å²) in [5.41, 5.74) is -0.611. The highest BCUT2D eigenvalue weighted by Crippen LogP contribution is 2.06. The SMILES string of the molecule is CC(C)(C)OC(=O)N[C@H](CO)CF. The third-order valence-corrected chi connectivity index (χ3v) is 1.13. The Hall–Kier alpha value is -0.840. The van der Waals surface area contributed by atoms with Crippen LogP contribution in [-0.4, -0.2) is 36.1 Å². The van der Waals surface area contributed by atoms with Crippen LogP contribution in [0.1, 0.15) is 20.8 Å². The van der Waals surface area contributed by atoms with Crippen LogP contribution in [0.25, 0.3) is 0 Å². The minimum Gasteiger partial charge on any atom is -0.444 e. The number of halogens is 1. The first-order chi connectivity index (χ1) is 5.89. The van der Waals surface area contributed by atoms with Gasteiger partial charge in [0, 0.05) is 0 Å². The molecular weight excluding hydrogens is 177 g/mol. The lowest BCUT2D eigenvalue weighted by Crippen LogP contribution is -2.42. The molecule has 5 heteroatoms. The van der Waals surface area contributed by atoms with Crippen LogP contribution >= 0.6 is 0 Å². The zero-order valence-corrected chi connectivity index (χ0v) is 8.13. The molecule has 0 heterocycles. The lowest BCUT2D eigenvalue weighted by Gasteiger charge is -2.21. The van der Waals surface area contributed by atoms with E-state index < -0.39 is 31.0 Å². The molecule has 0 radical (unpaired) electrons. The quantitative estimate of drug-likeness (QED) is 0.698. The molecule has 0 saturated carbocycles. The number of alkyl halides is 1. The average Bonchev–Trinajstić information content (AvgIpc) is 1.96. The Bertz CT molecular complexity index is 163. The second-order valence-electron chi connectivity index (χ2n) is 3.68. The van der Waals surface area contributed by atoms with Crippen molar-refractivity contribution in [3.05, 3.63) is 0 Å². The van der Waals surface area contributed by atoms with Gasteiger partial charge in [-0.15, -0.1) is 0 Å². The first-order valence-electron chi connectivity index (χ1n) is 4.05. The third-order valence-electron chi connectivity index (χ3n) is 1.13. The molecule has 1 amide bonds. The van der Waals surface area contributed by atoms with Gasteiger partial charge >= 0.3 is 6.09 Å². The maximum absolute atomic E-state index is 12.0. The Labute approximate surface area is 77.1 Å². The molecule has 0 bridgehead atoms. The minimum absolute atomic E-state index is 0.435. The van der Waals surface area contributed by atoms with Gasteiger partial charge in [-0.2, -0.15) is 0 Å². The van der Waals surface area contributed by atoms with Crippen LogP contribution < -0.4 is 5.32 Å². The van der Waals surface area contributed by atoms with Crippen LogP contribution in [0, 0.1) is 0 Å². The molecule has 0 aromatic heterocycles. The molecule has 1 atom stereocenters. The molecule has 0 spiro atoms. The second-order valence-corrected chi connectivity index (χ2v) is 3.68. The van der Waals surface area contributed by atoms with Crippen LogP contribution in [0.3, 0.4) is 0 Å². The van der Waals surface area contributed by atoms with Crippen molar-refractivity contribution in [1.82, 2.24) is 5.32 Å². The van der Waals surface area contributed by atoms with Crippen LogP contribution in [0.2, 0.25) is 0 Å². The van der Waals surface area contributed by atoms with E-state index in [1.165, 1.54) is 0 Å². The lowest BCUT2D eigenvalue weighted by molar-refractivity contribution is 0.0471. The van der Waals surface area contributed by atoms with Crippen LogP contribution in [-0.2, 0) is 4.74 Å². The van der Waals surface area contributed by atoms with Gasteiger partial charge in [0.15, 0.2) is 0 Å². The molecule has 13 heavy (non-hydrogen) atoms. The molecule has 2 N–H and O–H groups in total. The standard InChI is InChI=1S/C8H16FNO3/c1-8(2,3)13-7(12)10-6(4-9)5-11/h6,11H,4-5H2,1-3H3,(H,10,12)/t6-/m0/s1. The van der Waals surface area contributed by atoms with Gasteiger partial charge < -0.3 is 15.2 Å². The van der Waals surface area contributed by atoms with E-state index in [2.05, 4.69) is 5.32 Å². The summed E-state index contributed by atoms with van der Waals surface area (Å²) in [6, 6.07) is -0.880. The zero-order chi connectivity index (χ0) is 10.5. The molecular formula is C8H16FNO3. The van der Waals surface area contributed by atoms with Crippen LogP contribution in [0.15, 0.2) is 0 Å². The van der Waals surface area contributed by atoms with E-state index >= 15 is 0 Å². The van der Waals surface area contributed by atoms with Gasteiger partial charge in [0.1, 0.15) is 12.3 Å². The number of hydrogen-bond acceptors (Lipinski definition) is 3. The van der Waals surface area contributed by atoms with Gasteiger partial charge in [-0.1, -0.05) is 0 Å². The predicted molar refractivity (Wildman–Crippen MR) is 46.2 cm³/mol. The second kappa shape index (κ2) is 5.01. The van der Waals surface area contributed by atoms with E-state index in [4.69, 9.17) is 9.84 Å². The van der Waals surface area contributed by atoms with Crippen LogP contribution in [0.5, 0.6) is 0 Å². The summed E-state index contributed by atoms with van der Waals surface area (Å²) in [5, 5.41) is 10.7. The van der Waals surface area contributed by atoms with E-state index in [1.54, 1.807) is 20.8 Å². The van der Waals surface area contributed by atoms with E-state index in [-0.39, 0.29) is 0 Å². The summed E-state index contributed by atoms with van der Waals surface area (Å²) in [6.45, 7) is 3.87. The molecule has 4 nitrogen and oxygen atoms in total. The number of ether oxygens (including phenoxy) is 1. The molecule has 0 unspecified atom stereocenters. The first-order valence-corrected chi connectivity index (χ1v) is 4.05. The largest absolute Gasteiger partial charge is 0.444 e. The van der Waals surface area contributed by atoms with Crippen molar-refractivity contribution >= 4 is 6.09 Å². The highest BCUT2D eigenvalue weighted by atomic mass is 19.1. The summed E-state index contributed by atoms with van der Waals surface area (Å²) in [7, 11) is 0. The topological polar surface area (TPSA) is 58.6 Å². The Morgan fingerprint density at radius 3 is 2.46 bits per heavy atom. The number of aliphatic hydroxyl groups excluding tert-OH is 1. The monoisotopic (exact) mass is 193 g/mol. The maximum atomic E-state index is 12.0. The molecule has 0 aromatic carbocycles. The summed E-state index contributed by atoms with van der Waals surface area (Å²) in [4.78, 5) is 11.0. The fraction of sp³-hybridized carbons (Fsp3) is 0.875. The minimum atomic E-state index is -0.880. The van der Waals surface area contributed by atoms with E-state index in [1.807, 2.05) is 0 Å². The van der Waals surface area contributed by atoms with Crippen molar-refractivity contribution in [2.24, 2.45) is 0 Å². The van der Waals surface area contributed by atoms with Crippen molar-refractivity contribution in [3.8, 4) is 0 Å². The number of aliphatic hydroxyl groups is 1. The number of amides is 1. The lowest BCUT2D eigenvalue weighted by atomic mass is 10.2. The molecule has 0 aliphatic carbocycles. The molecule has 0 aliphatic rings. The number of rotatable bonds is 3. The first kappa shape index (κ1) is 12.2. The fourth-order valence-electron chi connectivity index (χ4n) is 0.607. The molecule has 0 aliphatic heterocycles. The maximum Gasteiger partial charge on any atom is 0.408 e. The van der Waals surface area contributed by atoms with Gasteiger partial charge in [-0.05, 0) is 20.8 Å². The molecule has 78 valence electrons. The average molecular weight is 193 g/mol. The molecule has 0 saturated heterocycles. The number of alkyl carbamates (subject to hydrolysis) is 1. The number of hydrogen-bond donors (Lipinski definition) is 2. The van der Waals surface area contributed by atoms with Gasteiger partial charge in [-0.25, -0.2) is 9.18 Å². The normalized spacial score (nSPS) is 13.6. The Balaban J connectivity index is 3.86. The Morgan fingerprint density at radius 1 is 1.62 bits per heavy atom. The van der Waals surface area contributed by atoms with Crippen molar-refractivity contribution in [3.63, 3.8) is 0 Å². The number of carbonyl (C=O) groups is 1. The molecule has 0 fully saturated rings. The Kier molecular flexibility index (Phi) is 4.69. The number of carbonyl (C=O) groups excluding carboxylic acids is 1. The number of nitrogens with one attached hydrogen (secondary N) is 1.